The van der Waals surface area contributed by atoms with Crippen molar-refractivity contribution < 1.29 is 0 Å². The highest BCUT2D eigenvalue weighted by atomic mass is 32.1. The Morgan fingerprint density at radius 1 is 1.56 bits per heavy atom. The van der Waals surface area contributed by atoms with E-state index in [4.69, 9.17) is 0 Å². The molecule has 0 aliphatic rings. The minimum atomic E-state index is 0.214. The number of anilines is 1. The largest absolute Gasteiger partial charge is 0.362 e. The lowest BCUT2D eigenvalue weighted by molar-refractivity contribution is 0.731. The molecule has 2 aromatic heterocycles. The smallest absolute Gasteiger partial charge is 0.124 e. The van der Waals surface area contributed by atoms with Crippen LogP contribution in [0.5, 0.6) is 0 Å². The molecule has 2 heterocycles. The molecule has 16 heavy (non-hydrogen) atoms. The van der Waals surface area contributed by atoms with E-state index in [0.29, 0.717) is 0 Å². The first-order valence-electron chi connectivity index (χ1n) is 5.38. The first kappa shape index (κ1) is 11.1. The van der Waals surface area contributed by atoms with E-state index in [2.05, 4.69) is 40.7 Å². The minimum Gasteiger partial charge on any atom is -0.362 e. The fourth-order valence-electron chi connectivity index (χ4n) is 1.57. The van der Waals surface area contributed by atoms with Crippen molar-refractivity contribution in [1.29, 1.82) is 0 Å². The normalized spacial score (nSPS) is 12.7. The Labute approximate surface area is 99.3 Å². The number of hydrogen-bond acceptors (Lipinski definition) is 4. The highest BCUT2D eigenvalue weighted by molar-refractivity contribution is 7.07. The number of thiazole rings is 1. The van der Waals surface area contributed by atoms with Gasteiger partial charge in [-0.3, -0.25) is 4.68 Å². The molecule has 86 valence electrons. The summed E-state index contributed by atoms with van der Waals surface area (Å²) in [7, 11) is 1.95. The molecule has 1 atom stereocenters. The Morgan fingerprint density at radius 3 is 2.94 bits per heavy atom. The number of aromatic nitrogens is 3. The Bertz CT molecular complexity index is 447. The molecule has 0 radical (unpaired) electrons. The van der Waals surface area contributed by atoms with E-state index in [1.807, 2.05) is 17.2 Å². The predicted molar refractivity (Wildman–Crippen MR) is 66.7 cm³/mol. The zero-order chi connectivity index (χ0) is 11.5. The van der Waals surface area contributed by atoms with Crippen LogP contribution in [0.3, 0.4) is 0 Å². The molecule has 0 aromatic carbocycles. The fourth-order valence-corrected chi connectivity index (χ4v) is 2.21. The average Bonchev–Trinajstić information content (AvgIpc) is 2.88. The zero-order valence-corrected chi connectivity index (χ0v) is 10.6. The van der Waals surface area contributed by atoms with Gasteiger partial charge in [0.25, 0.3) is 0 Å². The maximum atomic E-state index is 4.40. The molecule has 0 amide bonds. The van der Waals surface area contributed by atoms with Crippen LogP contribution in [0.15, 0.2) is 17.0 Å². The van der Waals surface area contributed by atoms with Crippen molar-refractivity contribution in [3.8, 4) is 0 Å². The van der Waals surface area contributed by atoms with Crippen molar-refractivity contribution in [2.24, 2.45) is 7.05 Å². The molecule has 0 aliphatic heterocycles. The van der Waals surface area contributed by atoms with Gasteiger partial charge in [-0.25, -0.2) is 4.98 Å². The average molecular weight is 236 g/mol. The molecule has 0 saturated carbocycles. The van der Waals surface area contributed by atoms with Crippen LogP contribution in [0, 0.1) is 0 Å². The third kappa shape index (κ3) is 2.24. The van der Waals surface area contributed by atoms with E-state index in [1.54, 1.807) is 11.3 Å². The van der Waals surface area contributed by atoms with Gasteiger partial charge in [0.05, 0.1) is 22.9 Å². The molecule has 0 spiro atoms. The number of nitrogens with one attached hydrogen (secondary N) is 1. The summed E-state index contributed by atoms with van der Waals surface area (Å²) in [6.45, 7) is 4.21. The molecule has 0 aliphatic carbocycles. The summed E-state index contributed by atoms with van der Waals surface area (Å²) in [6, 6.07) is 2.30. The van der Waals surface area contributed by atoms with E-state index in [1.165, 1.54) is 0 Å². The Morgan fingerprint density at radius 2 is 2.38 bits per heavy atom. The first-order valence-corrected chi connectivity index (χ1v) is 6.32. The Kier molecular flexibility index (Phi) is 3.24. The monoisotopic (exact) mass is 236 g/mol. The van der Waals surface area contributed by atoms with Gasteiger partial charge in [-0.05, 0) is 13.3 Å². The summed E-state index contributed by atoms with van der Waals surface area (Å²) in [6.07, 6.45) is 0.959. The van der Waals surface area contributed by atoms with E-state index < -0.39 is 0 Å². The third-order valence-electron chi connectivity index (χ3n) is 2.55. The van der Waals surface area contributed by atoms with E-state index >= 15 is 0 Å². The molecule has 2 aromatic rings. The van der Waals surface area contributed by atoms with Gasteiger partial charge in [-0.15, -0.1) is 11.3 Å². The summed E-state index contributed by atoms with van der Waals surface area (Å²) in [4.78, 5) is 4.30. The van der Waals surface area contributed by atoms with E-state index in [9.17, 15) is 0 Å². The van der Waals surface area contributed by atoms with Crippen molar-refractivity contribution in [3.63, 3.8) is 0 Å². The number of rotatable bonds is 4. The van der Waals surface area contributed by atoms with Crippen LogP contribution in [0.1, 0.15) is 31.3 Å². The molecule has 4 nitrogen and oxygen atoms in total. The lowest BCUT2D eigenvalue weighted by atomic mass is 10.2. The van der Waals surface area contributed by atoms with Crippen molar-refractivity contribution in [2.45, 2.75) is 26.3 Å². The Balaban J connectivity index is 2.11. The van der Waals surface area contributed by atoms with Gasteiger partial charge in [0.2, 0.25) is 0 Å². The molecule has 1 unspecified atom stereocenters. The second-order valence-corrected chi connectivity index (χ2v) is 4.50. The lowest BCUT2D eigenvalue weighted by Gasteiger charge is -2.12. The first-order chi connectivity index (χ1) is 7.70. The number of nitrogens with zero attached hydrogens (tertiary/aromatic N) is 3. The Hall–Kier alpha value is -1.36. The van der Waals surface area contributed by atoms with Crippen LogP contribution >= 0.6 is 11.3 Å². The summed E-state index contributed by atoms with van der Waals surface area (Å²) in [5, 5.41) is 9.88. The van der Waals surface area contributed by atoms with E-state index in [-0.39, 0.29) is 6.04 Å². The van der Waals surface area contributed by atoms with Gasteiger partial charge >= 0.3 is 0 Å². The van der Waals surface area contributed by atoms with Crippen molar-refractivity contribution in [2.75, 3.05) is 5.32 Å². The van der Waals surface area contributed by atoms with Crippen LogP contribution < -0.4 is 5.32 Å². The molecule has 5 heteroatoms. The van der Waals surface area contributed by atoms with Gasteiger partial charge < -0.3 is 5.32 Å². The minimum absolute atomic E-state index is 0.214. The summed E-state index contributed by atoms with van der Waals surface area (Å²) in [5.41, 5.74) is 4.04. The van der Waals surface area contributed by atoms with Gasteiger partial charge in [-0.1, -0.05) is 6.92 Å². The maximum absolute atomic E-state index is 4.40. The molecular formula is C11H16N4S. The fraction of sp³-hybridized carbons (Fsp3) is 0.455. The zero-order valence-electron chi connectivity index (χ0n) is 9.77. The van der Waals surface area contributed by atoms with Crippen LogP contribution in [0.25, 0.3) is 0 Å². The molecule has 0 bridgehead atoms. The van der Waals surface area contributed by atoms with Gasteiger partial charge in [0.1, 0.15) is 5.82 Å². The third-order valence-corrected chi connectivity index (χ3v) is 3.16. The number of hydrogen-bond donors (Lipinski definition) is 1. The molecule has 2 rings (SSSR count). The topological polar surface area (TPSA) is 42.7 Å². The van der Waals surface area contributed by atoms with Crippen LogP contribution in [-0.2, 0) is 13.5 Å². The van der Waals surface area contributed by atoms with Crippen LogP contribution in [0.2, 0.25) is 0 Å². The van der Waals surface area contributed by atoms with E-state index in [0.717, 1.165) is 23.6 Å². The molecule has 0 saturated heterocycles. The summed E-state index contributed by atoms with van der Waals surface area (Å²) >= 11 is 1.62. The number of aryl methyl sites for hydroxylation is 2. The van der Waals surface area contributed by atoms with Gasteiger partial charge in [-0.2, -0.15) is 5.10 Å². The standard InChI is InChI=1S/C11H16N4S/c1-4-9-5-11(15(3)14-9)13-8(2)10-6-16-7-12-10/h5-8,13H,4H2,1-3H3. The highest BCUT2D eigenvalue weighted by Crippen LogP contribution is 2.19. The van der Waals surface area contributed by atoms with Gasteiger partial charge in [0, 0.05) is 18.5 Å². The quantitative estimate of drug-likeness (QED) is 0.887. The van der Waals surface area contributed by atoms with Crippen LogP contribution in [-0.4, -0.2) is 14.8 Å². The lowest BCUT2D eigenvalue weighted by Crippen LogP contribution is -2.10. The van der Waals surface area contributed by atoms with Crippen molar-refractivity contribution in [1.82, 2.24) is 14.8 Å². The van der Waals surface area contributed by atoms with Crippen LogP contribution in [0.4, 0.5) is 5.82 Å². The molecular weight excluding hydrogens is 220 g/mol. The molecule has 0 fully saturated rings. The summed E-state index contributed by atoms with van der Waals surface area (Å²) in [5.74, 6) is 1.04. The van der Waals surface area contributed by atoms with Crippen molar-refractivity contribution in [3.05, 3.63) is 28.3 Å². The highest BCUT2D eigenvalue weighted by Gasteiger charge is 2.10. The maximum Gasteiger partial charge on any atom is 0.124 e. The second-order valence-electron chi connectivity index (χ2n) is 3.78. The predicted octanol–water partition coefficient (Wildman–Crippen LogP) is 2.61. The van der Waals surface area contributed by atoms with Crippen molar-refractivity contribution >= 4 is 17.2 Å². The SMILES string of the molecule is CCc1cc(NC(C)c2cscn2)n(C)n1. The molecule has 1 N–H and O–H groups in total. The summed E-state index contributed by atoms with van der Waals surface area (Å²) < 4.78 is 1.88. The second kappa shape index (κ2) is 4.65. The van der Waals surface area contributed by atoms with Gasteiger partial charge in [0.15, 0.2) is 0 Å².